The Morgan fingerprint density at radius 3 is 3.12 bits per heavy atom. The Morgan fingerprint density at radius 1 is 1.65 bits per heavy atom. The van der Waals surface area contributed by atoms with Crippen molar-refractivity contribution in [3.05, 3.63) is 24.5 Å². The maximum Gasteiger partial charge on any atom is 0.256 e. The third-order valence-corrected chi connectivity index (χ3v) is 2.75. The number of amides is 1. The Balaban J connectivity index is 2.13. The average molecular weight is 236 g/mol. The van der Waals surface area contributed by atoms with Crippen molar-refractivity contribution in [2.24, 2.45) is 0 Å². The Kier molecular flexibility index (Phi) is 4.06. The van der Waals surface area contributed by atoms with Crippen LogP contribution in [0.15, 0.2) is 24.5 Å². The van der Waals surface area contributed by atoms with Crippen LogP contribution in [0.25, 0.3) is 0 Å². The van der Waals surface area contributed by atoms with Gasteiger partial charge in [-0.2, -0.15) is 0 Å². The van der Waals surface area contributed by atoms with Crippen LogP contribution in [0.5, 0.6) is 0 Å². The van der Waals surface area contributed by atoms with Gasteiger partial charge in [-0.15, -0.1) is 0 Å². The molecular weight excluding hydrogens is 220 g/mol. The van der Waals surface area contributed by atoms with Gasteiger partial charge in [-0.25, -0.2) is 0 Å². The second-order valence-electron chi connectivity index (χ2n) is 3.93. The molecule has 1 aromatic heterocycles. The van der Waals surface area contributed by atoms with Crippen LogP contribution in [0.4, 0.5) is 5.69 Å². The summed E-state index contributed by atoms with van der Waals surface area (Å²) >= 11 is 0. The quantitative estimate of drug-likeness (QED) is 0.831. The average Bonchev–Trinajstić information content (AvgIpc) is 2.90. The molecule has 0 saturated carbocycles. The summed E-state index contributed by atoms with van der Waals surface area (Å²) in [5.74, 6) is -0.0930. The molecule has 1 aromatic rings. The van der Waals surface area contributed by atoms with Gasteiger partial charge in [-0.05, 0) is 25.0 Å². The van der Waals surface area contributed by atoms with Crippen LogP contribution in [0.1, 0.15) is 12.8 Å². The molecular formula is C12H16N2O3. The minimum Gasteiger partial charge on any atom is -0.395 e. The van der Waals surface area contributed by atoms with Gasteiger partial charge in [0.05, 0.1) is 18.5 Å². The van der Waals surface area contributed by atoms with E-state index in [9.17, 15) is 4.79 Å². The number of ether oxygens (including phenoxy) is 1. The van der Waals surface area contributed by atoms with Crippen LogP contribution in [0.2, 0.25) is 0 Å². The highest BCUT2D eigenvalue weighted by atomic mass is 16.5. The fraction of sp³-hybridized carbons (Fsp3) is 0.500. The monoisotopic (exact) mass is 236 g/mol. The molecule has 0 aliphatic carbocycles. The predicted molar refractivity (Wildman–Crippen MR) is 62.6 cm³/mol. The summed E-state index contributed by atoms with van der Waals surface area (Å²) < 4.78 is 5.37. The number of anilines is 1. The minimum absolute atomic E-state index is 0.0760. The number of aliphatic hydroxyl groups is 1. The molecule has 0 spiro atoms. The normalized spacial score (nSPS) is 19.2. The molecule has 1 aliphatic rings. The number of carbonyl (C=O) groups excluding carboxylic acids is 1. The molecule has 1 fully saturated rings. The van der Waals surface area contributed by atoms with E-state index in [4.69, 9.17) is 9.84 Å². The van der Waals surface area contributed by atoms with Gasteiger partial charge in [-0.3, -0.25) is 9.78 Å². The van der Waals surface area contributed by atoms with E-state index in [-0.39, 0.29) is 25.2 Å². The van der Waals surface area contributed by atoms with Crippen LogP contribution < -0.4 is 4.90 Å². The SMILES string of the molecule is O=C(C1CCCO1)N(CCO)c1cccnc1. The lowest BCUT2D eigenvalue weighted by Gasteiger charge is -2.24. The largest absolute Gasteiger partial charge is 0.395 e. The lowest BCUT2D eigenvalue weighted by Crippen LogP contribution is -2.40. The Bertz CT molecular complexity index is 363. The molecule has 2 heterocycles. The molecule has 0 bridgehead atoms. The highest BCUT2D eigenvalue weighted by Crippen LogP contribution is 2.19. The van der Waals surface area contributed by atoms with Gasteiger partial charge in [0, 0.05) is 19.3 Å². The number of nitrogens with zero attached hydrogens (tertiary/aromatic N) is 2. The zero-order chi connectivity index (χ0) is 12.1. The zero-order valence-electron chi connectivity index (χ0n) is 9.58. The molecule has 1 aliphatic heterocycles. The fourth-order valence-electron chi connectivity index (χ4n) is 1.93. The molecule has 0 radical (unpaired) electrons. The third-order valence-electron chi connectivity index (χ3n) is 2.75. The molecule has 5 nitrogen and oxygen atoms in total. The third kappa shape index (κ3) is 2.81. The Labute approximate surface area is 100 Å². The van der Waals surface area contributed by atoms with Gasteiger partial charge < -0.3 is 14.7 Å². The lowest BCUT2D eigenvalue weighted by molar-refractivity contribution is -0.127. The van der Waals surface area contributed by atoms with Crippen molar-refractivity contribution in [2.75, 3.05) is 24.7 Å². The molecule has 1 unspecified atom stereocenters. The van der Waals surface area contributed by atoms with E-state index in [1.165, 1.54) is 4.90 Å². The van der Waals surface area contributed by atoms with Gasteiger partial charge in [0.15, 0.2) is 0 Å². The molecule has 92 valence electrons. The maximum atomic E-state index is 12.2. The maximum absolute atomic E-state index is 12.2. The number of hydrogen-bond acceptors (Lipinski definition) is 4. The van der Waals surface area contributed by atoms with Crippen molar-refractivity contribution in [2.45, 2.75) is 18.9 Å². The van der Waals surface area contributed by atoms with Crippen LogP contribution in [0.3, 0.4) is 0 Å². The second-order valence-corrected chi connectivity index (χ2v) is 3.93. The summed E-state index contributed by atoms with van der Waals surface area (Å²) in [6.45, 7) is 0.828. The van der Waals surface area contributed by atoms with E-state index >= 15 is 0 Å². The second kappa shape index (κ2) is 5.75. The van der Waals surface area contributed by atoms with Crippen LogP contribution in [0, 0.1) is 0 Å². The number of aliphatic hydroxyl groups excluding tert-OH is 1. The molecule has 1 N–H and O–H groups in total. The first-order valence-corrected chi connectivity index (χ1v) is 5.77. The zero-order valence-corrected chi connectivity index (χ0v) is 9.58. The fourth-order valence-corrected chi connectivity index (χ4v) is 1.93. The predicted octanol–water partition coefficient (Wildman–Crippen LogP) is 0.586. The summed E-state index contributed by atoms with van der Waals surface area (Å²) in [6, 6.07) is 3.57. The molecule has 1 saturated heterocycles. The molecule has 17 heavy (non-hydrogen) atoms. The molecule has 1 atom stereocenters. The number of hydrogen-bond donors (Lipinski definition) is 1. The van der Waals surface area contributed by atoms with E-state index < -0.39 is 0 Å². The highest BCUT2D eigenvalue weighted by Gasteiger charge is 2.28. The number of carbonyl (C=O) groups is 1. The van der Waals surface area contributed by atoms with Crippen LogP contribution in [-0.4, -0.2) is 41.9 Å². The topological polar surface area (TPSA) is 62.7 Å². The first kappa shape index (κ1) is 12.0. The number of aromatic nitrogens is 1. The van der Waals surface area contributed by atoms with E-state index in [1.54, 1.807) is 24.5 Å². The summed E-state index contributed by atoms with van der Waals surface area (Å²) in [5.41, 5.74) is 0.696. The number of pyridine rings is 1. The van der Waals surface area contributed by atoms with Crippen LogP contribution >= 0.6 is 0 Å². The van der Waals surface area contributed by atoms with Crippen molar-refractivity contribution >= 4 is 11.6 Å². The Morgan fingerprint density at radius 2 is 2.53 bits per heavy atom. The van der Waals surface area contributed by atoms with Gasteiger partial charge in [0.2, 0.25) is 0 Å². The summed E-state index contributed by atoms with van der Waals surface area (Å²) in [5, 5.41) is 9.03. The number of rotatable bonds is 4. The summed E-state index contributed by atoms with van der Waals surface area (Å²) in [6.07, 6.45) is 4.55. The van der Waals surface area contributed by atoms with Gasteiger partial charge in [-0.1, -0.05) is 0 Å². The molecule has 0 aromatic carbocycles. The molecule has 2 rings (SSSR count). The van der Waals surface area contributed by atoms with Gasteiger partial charge in [0.25, 0.3) is 5.91 Å². The lowest BCUT2D eigenvalue weighted by atomic mass is 10.2. The minimum atomic E-state index is -0.373. The van der Waals surface area contributed by atoms with E-state index in [0.29, 0.717) is 12.3 Å². The Hall–Kier alpha value is -1.46. The molecule has 5 heteroatoms. The van der Waals surface area contributed by atoms with Crippen molar-refractivity contribution in [1.82, 2.24) is 4.98 Å². The summed E-state index contributed by atoms with van der Waals surface area (Å²) in [4.78, 5) is 17.7. The van der Waals surface area contributed by atoms with Crippen molar-refractivity contribution in [1.29, 1.82) is 0 Å². The van der Waals surface area contributed by atoms with Gasteiger partial charge >= 0.3 is 0 Å². The van der Waals surface area contributed by atoms with Gasteiger partial charge in [0.1, 0.15) is 6.10 Å². The van der Waals surface area contributed by atoms with E-state index in [2.05, 4.69) is 4.98 Å². The highest BCUT2D eigenvalue weighted by molar-refractivity contribution is 5.96. The van der Waals surface area contributed by atoms with Crippen molar-refractivity contribution < 1.29 is 14.6 Å². The first-order chi connectivity index (χ1) is 8.33. The summed E-state index contributed by atoms with van der Waals surface area (Å²) in [7, 11) is 0. The first-order valence-electron chi connectivity index (χ1n) is 5.77. The smallest absolute Gasteiger partial charge is 0.256 e. The van der Waals surface area contributed by atoms with E-state index in [1.807, 2.05) is 0 Å². The molecule has 1 amide bonds. The van der Waals surface area contributed by atoms with E-state index in [0.717, 1.165) is 12.8 Å². The van der Waals surface area contributed by atoms with Crippen molar-refractivity contribution in [3.63, 3.8) is 0 Å². The van der Waals surface area contributed by atoms with Crippen LogP contribution in [-0.2, 0) is 9.53 Å². The standard InChI is InChI=1S/C12H16N2O3/c15-7-6-14(10-3-1-5-13-9-10)12(16)11-4-2-8-17-11/h1,3,5,9,11,15H,2,4,6-8H2. The van der Waals surface area contributed by atoms with Crippen molar-refractivity contribution in [3.8, 4) is 0 Å².